The first-order valence-electron chi connectivity index (χ1n) is 9.12. The number of aryl methyl sites for hydroxylation is 1. The Labute approximate surface area is 154 Å². The molecule has 0 unspecified atom stereocenters. The van der Waals surface area contributed by atoms with Crippen LogP contribution in [0.3, 0.4) is 0 Å². The number of unbranched alkanes of at least 4 members (excludes halogenated alkanes) is 1. The van der Waals surface area contributed by atoms with Crippen LogP contribution in [0, 0.1) is 0 Å². The highest BCUT2D eigenvalue weighted by Crippen LogP contribution is 2.11. The van der Waals surface area contributed by atoms with Crippen molar-refractivity contribution in [2.45, 2.75) is 26.3 Å². The maximum absolute atomic E-state index is 11.9. The van der Waals surface area contributed by atoms with E-state index in [4.69, 9.17) is 0 Å². The average molecular weight is 359 g/mol. The fraction of sp³-hybridized carbons (Fsp3) is 0.526. The highest BCUT2D eigenvalue weighted by Gasteiger charge is 2.16. The molecule has 2 heterocycles. The molecule has 0 radical (unpaired) electrons. The zero-order chi connectivity index (χ0) is 18.9. The zero-order valence-corrected chi connectivity index (χ0v) is 15.8. The van der Waals surface area contributed by atoms with Gasteiger partial charge < -0.3 is 4.90 Å². The monoisotopic (exact) mass is 359 g/mol. The molecule has 2 rings (SSSR count). The molecule has 1 aromatic heterocycles. The van der Waals surface area contributed by atoms with Crippen LogP contribution in [0.15, 0.2) is 52.4 Å². The molecule has 1 aliphatic rings. The van der Waals surface area contributed by atoms with Gasteiger partial charge in [0.25, 0.3) is 5.56 Å². The predicted octanol–water partition coefficient (Wildman–Crippen LogP) is 0.986. The van der Waals surface area contributed by atoms with E-state index in [-0.39, 0.29) is 11.2 Å². The summed E-state index contributed by atoms with van der Waals surface area (Å²) >= 11 is 0. The first kappa shape index (κ1) is 19.9. The van der Waals surface area contributed by atoms with Gasteiger partial charge >= 0.3 is 5.69 Å². The molecule has 0 aliphatic carbocycles. The van der Waals surface area contributed by atoms with Crippen molar-refractivity contribution in [3.05, 3.63) is 63.6 Å². The molecule has 0 aromatic carbocycles. The number of rotatable bonds is 8. The molecule has 0 N–H and O–H groups in total. The van der Waals surface area contributed by atoms with E-state index in [9.17, 15) is 9.59 Å². The largest absolute Gasteiger partial charge is 0.369 e. The van der Waals surface area contributed by atoms with Gasteiger partial charge in [-0.25, -0.2) is 9.48 Å². The van der Waals surface area contributed by atoms with Gasteiger partial charge in [-0.1, -0.05) is 18.7 Å². The Balaban J connectivity index is 1.74. The molecule has 7 heteroatoms. The van der Waals surface area contributed by atoms with Crippen LogP contribution >= 0.6 is 0 Å². The van der Waals surface area contributed by atoms with E-state index >= 15 is 0 Å². The summed E-state index contributed by atoms with van der Waals surface area (Å²) in [7, 11) is 1.48. The van der Waals surface area contributed by atoms with E-state index in [1.54, 1.807) is 0 Å². The van der Waals surface area contributed by atoms with Crippen molar-refractivity contribution < 1.29 is 0 Å². The van der Waals surface area contributed by atoms with Crippen LogP contribution < -0.4 is 11.2 Å². The molecule has 0 bridgehead atoms. The molecule has 142 valence electrons. The van der Waals surface area contributed by atoms with Crippen molar-refractivity contribution in [1.29, 1.82) is 0 Å². The molecule has 1 fully saturated rings. The molecule has 0 amide bonds. The van der Waals surface area contributed by atoms with Gasteiger partial charge in [0.05, 0.1) is 0 Å². The molecular weight excluding hydrogens is 330 g/mol. The lowest BCUT2D eigenvalue weighted by molar-refractivity contribution is 0.159. The quantitative estimate of drug-likeness (QED) is 0.512. The molecule has 1 aliphatic heterocycles. The number of aromatic nitrogens is 3. The smallest absolute Gasteiger partial charge is 0.347 e. The van der Waals surface area contributed by atoms with E-state index in [1.165, 1.54) is 23.6 Å². The van der Waals surface area contributed by atoms with Gasteiger partial charge in [-0.15, -0.1) is 0 Å². The van der Waals surface area contributed by atoms with Gasteiger partial charge in [0, 0.05) is 45.5 Å². The molecule has 7 nitrogen and oxygen atoms in total. The molecule has 0 saturated carbocycles. The van der Waals surface area contributed by atoms with E-state index in [0.717, 1.165) is 50.1 Å². The summed E-state index contributed by atoms with van der Waals surface area (Å²) in [6.07, 6.45) is 11.1. The highest BCUT2D eigenvalue weighted by molar-refractivity contribution is 5.21. The molecule has 0 spiro atoms. The van der Waals surface area contributed by atoms with Gasteiger partial charge in [-0.2, -0.15) is 5.10 Å². The molecule has 1 saturated heterocycles. The summed E-state index contributed by atoms with van der Waals surface area (Å²) < 4.78 is 2.45. The van der Waals surface area contributed by atoms with Gasteiger partial charge in [-0.05, 0) is 38.5 Å². The number of nitrogens with zero attached hydrogens (tertiary/aromatic N) is 5. The second kappa shape index (κ2) is 9.91. The number of hydrogen-bond acceptors (Lipinski definition) is 5. The Hall–Kier alpha value is -2.41. The Kier molecular flexibility index (Phi) is 7.59. The second-order valence-electron chi connectivity index (χ2n) is 6.40. The summed E-state index contributed by atoms with van der Waals surface area (Å²) in [4.78, 5) is 28.1. The van der Waals surface area contributed by atoms with Crippen molar-refractivity contribution >= 4 is 0 Å². The third-order valence-electron chi connectivity index (χ3n) is 4.65. The van der Waals surface area contributed by atoms with Crippen LogP contribution in [0.4, 0.5) is 0 Å². The summed E-state index contributed by atoms with van der Waals surface area (Å²) in [6, 6.07) is 0. The van der Waals surface area contributed by atoms with Crippen LogP contribution in [-0.4, -0.2) is 56.9 Å². The molecular formula is C19H29N5O2. The Morgan fingerprint density at radius 3 is 2.54 bits per heavy atom. The maximum atomic E-state index is 11.9. The Morgan fingerprint density at radius 2 is 1.88 bits per heavy atom. The zero-order valence-electron chi connectivity index (χ0n) is 15.8. The topological polar surface area (TPSA) is 63.4 Å². The summed E-state index contributed by atoms with van der Waals surface area (Å²) in [5, 5.41) is 3.92. The predicted molar refractivity (Wildman–Crippen MR) is 104 cm³/mol. The van der Waals surface area contributed by atoms with E-state index in [2.05, 4.69) is 27.6 Å². The third kappa shape index (κ3) is 5.29. The van der Waals surface area contributed by atoms with Gasteiger partial charge in [0.15, 0.2) is 0 Å². The number of hydrogen-bond donors (Lipinski definition) is 0. The average Bonchev–Trinajstić information content (AvgIpc) is 2.66. The lowest BCUT2D eigenvalue weighted by Crippen LogP contribution is -2.45. The lowest BCUT2D eigenvalue weighted by Gasteiger charge is -2.36. The first-order valence-corrected chi connectivity index (χ1v) is 9.12. The SMILES string of the molecule is C=C/C(=C\C=C/C)N1CCN(CCCCn2ncc(=O)n(C)c2=O)CC1. The molecule has 1 aromatic rings. The van der Waals surface area contributed by atoms with Crippen LogP contribution in [0.25, 0.3) is 0 Å². The van der Waals surface area contributed by atoms with Crippen LogP contribution in [-0.2, 0) is 13.6 Å². The van der Waals surface area contributed by atoms with Crippen LogP contribution in [0.2, 0.25) is 0 Å². The first-order chi connectivity index (χ1) is 12.6. The normalized spacial score (nSPS) is 16.4. The van der Waals surface area contributed by atoms with E-state index in [0.29, 0.717) is 6.54 Å². The van der Waals surface area contributed by atoms with E-state index < -0.39 is 0 Å². The van der Waals surface area contributed by atoms with Crippen molar-refractivity contribution in [3.63, 3.8) is 0 Å². The van der Waals surface area contributed by atoms with Crippen molar-refractivity contribution in [2.24, 2.45) is 7.05 Å². The minimum atomic E-state index is -0.369. The number of piperazine rings is 1. The van der Waals surface area contributed by atoms with Crippen molar-refractivity contribution in [1.82, 2.24) is 24.1 Å². The minimum absolute atomic E-state index is 0.351. The van der Waals surface area contributed by atoms with Gasteiger partial charge in [-0.3, -0.25) is 14.3 Å². The number of allylic oxidation sites excluding steroid dienone is 4. The van der Waals surface area contributed by atoms with Crippen molar-refractivity contribution in [2.75, 3.05) is 32.7 Å². The van der Waals surface area contributed by atoms with Gasteiger partial charge in [0.2, 0.25) is 0 Å². The summed E-state index contributed by atoms with van der Waals surface area (Å²) in [5.41, 5.74) is 0.449. The highest BCUT2D eigenvalue weighted by atomic mass is 16.2. The Bertz CT molecular complexity index is 767. The molecule has 26 heavy (non-hydrogen) atoms. The Morgan fingerprint density at radius 1 is 1.19 bits per heavy atom. The second-order valence-corrected chi connectivity index (χ2v) is 6.40. The van der Waals surface area contributed by atoms with Crippen molar-refractivity contribution in [3.8, 4) is 0 Å². The van der Waals surface area contributed by atoms with Crippen LogP contribution in [0.5, 0.6) is 0 Å². The summed E-state index contributed by atoms with van der Waals surface area (Å²) in [6.45, 7) is 11.5. The maximum Gasteiger partial charge on any atom is 0.347 e. The van der Waals surface area contributed by atoms with E-state index in [1.807, 2.05) is 25.2 Å². The molecule has 0 atom stereocenters. The lowest BCUT2D eigenvalue weighted by atomic mass is 10.2. The van der Waals surface area contributed by atoms with Crippen LogP contribution in [0.1, 0.15) is 19.8 Å². The standard InChI is InChI=1S/C19H29N5O2/c1-4-6-9-17(5-2)23-14-12-22(13-15-23)10-7-8-11-24-19(26)21(3)18(25)16-20-24/h4-6,9,16H,2,7-8,10-15H2,1,3H3/b6-4-,17-9+. The fourth-order valence-corrected chi connectivity index (χ4v) is 3.00. The minimum Gasteiger partial charge on any atom is -0.369 e. The summed E-state index contributed by atoms with van der Waals surface area (Å²) in [5.74, 6) is 0. The third-order valence-corrected chi connectivity index (χ3v) is 4.65. The fourth-order valence-electron chi connectivity index (χ4n) is 3.00. The van der Waals surface area contributed by atoms with Gasteiger partial charge in [0.1, 0.15) is 6.20 Å².